The summed E-state index contributed by atoms with van der Waals surface area (Å²) in [6.45, 7) is 1.14. The van der Waals surface area contributed by atoms with Crippen LogP contribution in [0.5, 0.6) is 5.75 Å². The number of aryl methyl sites for hydroxylation is 1. The number of nitrogens with zero attached hydrogens (tertiary/aromatic N) is 1. The minimum atomic E-state index is -0.694. The van der Waals surface area contributed by atoms with Crippen molar-refractivity contribution in [1.82, 2.24) is 5.16 Å². The lowest BCUT2D eigenvalue weighted by atomic mass is 10.1. The molecule has 0 fully saturated rings. The van der Waals surface area contributed by atoms with Crippen LogP contribution in [0.2, 0.25) is 5.02 Å². The zero-order valence-corrected chi connectivity index (χ0v) is 15.9. The van der Waals surface area contributed by atoms with Gasteiger partial charge in [-0.2, -0.15) is 0 Å². The Morgan fingerprint density at radius 2 is 1.93 bits per heavy atom. The van der Waals surface area contributed by atoms with Gasteiger partial charge >= 0.3 is 5.97 Å². The predicted octanol–water partition coefficient (Wildman–Crippen LogP) is 4.11. The number of amides is 1. The van der Waals surface area contributed by atoms with Gasteiger partial charge in [-0.3, -0.25) is 4.79 Å². The molecule has 1 N–H and O–H groups in total. The molecule has 1 aromatic heterocycles. The first-order valence-electron chi connectivity index (χ1n) is 8.31. The van der Waals surface area contributed by atoms with Gasteiger partial charge in [0.1, 0.15) is 22.8 Å². The Kier molecular flexibility index (Phi) is 5.96. The molecule has 1 amide bonds. The fraction of sp³-hybridized carbons (Fsp3) is 0.150. The summed E-state index contributed by atoms with van der Waals surface area (Å²) < 4.78 is 15.3. The van der Waals surface area contributed by atoms with Gasteiger partial charge in [0.25, 0.3) is 5.91 Å². The quantitative estimate of drug-likeness (QED) is 0.626. The average Bonchev–Trinajstić information content (AvgIpc) is 3.08. The topological polar surface area (TPSA) is 90.7 Å². The van der Waals surface area contributed by atoms with Crippen molar-refractivity contribution < 1.29 is 23.6 Å². The summed E-state index contributed by atoms with van der Waals surface area (Å²) in [6.07, 6.45) is 0. The number of halogens is 1. The fourth-order valence-corrected chi connectivity index (χ4v) is 2.81. The van der Waals surface area contributed by atoms with E-state index < -0.39 is 18.5 Å². The van der Waals surface area contributed by atoms with Gasteiger partial charge in [0, 0.05) is 11.3 Å². The molecule has 0 aliphatic carbocycles. The number of carbonyl (C=O) groups is 2. The van der Waals surface area contributed by atoms with Gasteiger partial charge < -0.3 is 19.3 Å². The van der Waals surface area contributed by atoms with Crippen LogP contribution in [0.1, 0.15) is 16.1 Å². The number of carbonyl (C=O) groups excluding carboxylic acids is 2. The van der Waals surface area contributed by atoms with Crippen molar-refractivity contribution in [2.45, 2.75) is 6.92 Å². The Bertz CT molecular complexity index is 1000. The van der Waals surface area contributed by atoms with E-state index in [0.717, 1.165) is 0 Å². The van der Waals surface area contributed by atoms with E-state index in [0.29, 0.717) is 33.5 Å². The second-order valence-corrected chi connectivity index (χ2v) is 6.21. The second kappa shape index (κ2) is 8.58. The Hall–Kier alpha value is -3.32. The fourth-order valence-electron chi connectivity index (χ4n) is 2.55. The number of nitrogens with one attached hydrogen (secondary N) is 1. The molecule has 0 radical (unpaired) electrons. The van der Waals surface area contributed by atoms with Gasteiger partial charge in [0.05, 0.1) is 12.1 Å². The van der Waals surface area contributed by atoms with Gasteiger partial charge in [0.15, 0.2) is 6.61 Å². The summed E-state index contributed by atoms with van der Waals surface area (Å²) in [5, 5.41) is 6.88. The molecule has 7 nitrogen and oxygen atoms in total. The molecule has 0 aliphatic rings. The molecule has 8 heteroatoms. The smallest absolute Gasteiger partial charge is 0.344 e. The van der Waals surface area contributed by atoms with Crippen molar-refractivity contribution in [2.75, 3.05) is 19.0 Å². The summed E-state index contributed by atoms with van der Waals surface area (Å²) in [7, 11) is 1.50. The summed E-state index contributed by atoms with van der Waals surface area (Å²) in [5.74, 6) is -0.404. The van der Waals surface area contributed by atoms with Crippen LogP contribution in [0, 0.1) is 6.92 Å². The molecule has 3 rings (SSSR count). The maximum absolute atomic E-state index is 12.5. The number of hydrogen-bond acceptors (Lipinski definition) is 6. The average molecular weight is 401 g/mol. The minimum Gasteiger partial charge on any atom is -0.495 e. The Labute approximate surface area is 166 Å². The standard InChI is InChI=1S/C20H17ClN2O5/c1-12-18(19(23-28-12)13-6-4-3-5-7-13)20(25)27-11-17(24)22-14-8-9-16(26-2)15(21)10-14/h3-10H,11H2,1-2H3,(H,22,24). The van der Waals surface area contributed by atoms with Crippen molar-refractivity contribution in [3.8, 4) is 17.0 Å². The lowest BCUT2D eigenvalue weighted by Crippen LogP contribution is -2.21. The van der Waals surface area contributed by atoms with E-state index in [1.54, 1.807) is 31.2 Å². The molecule has 0 aliphatic heterocycles. The SMILES string of the molecule is COc1ccc(NC(=O)COC(=O)c2c(-c3ccccc3)noc2C)cc1Cl. The van der Waals surface area contributed by atoms with E-state index in [1.807, 2.05) is 18.2 Å². The summed E-state index contributed by atoms with van der Waals surface area (Å²) in [6, 6.07) is 13.9. The Morgan fingerprint density at radius 3 is 2.61 bits per heavy atom. The van der Waals surface area contributed by atoms with Gasteiger partial charge in [-0.15, -0.1) is 0 Å². The largest absolute Gasteiger partial charge is 0.495 e. The number of anilines is 1. The van der Waals surface area contributed by atoms with Gasteiger partial charge in [-0.05, 0) is 25.1 Å². The highest BCUT2D eigenvalue weighted by Crippen LogP contribution is 2.27. The van der Waals surface area contributed by atoms with Crippen LogP contribution in [0.15, 0.2) is 53.1 Å². The molecule has 0 atom stereocenters. The second-order valence-electron chi connectivity index (χ2n) is 5.80. The Balaban J connectivity index is 1.65. The molecule has 144 valence electrons. The molecular weight excluding hydrogens is 384 g/mol. The lowest BCUT2D eigenvalue weighted by Gasteiger charge is -2.09. The number of methoxy groups -OCH3 is 1. The van der Waals surface area contributed by atoms with Gasteiger partial charge in [-0.25, -0.2) is 4.79 Å². The van der Waals surface area contributed by atoms with Crippen molar-refractivity contribution >= 4 is 29.2 Å². The Morgan fingerprint density at radius 1 is 1.18 bits per heavy atom. The summed E-state index contributed by atoms with van der Waals surface area (Å²) >= 11 is 6.02. The normalized spacial score (nSPS) is 10.4. The van der Waals surface area contributed by atoms with Crippen LogP contribution >= 0.6 is 11.6 Å². The van der Waals surface area contributed by atoms with Crippen LogP contribution in [0.4, 0.5) is 5.69 Å². The van der Waals surface area contributed by atoms with Crippen LogP contribution in [-0.2, 0) is 9.53 Å². The van der Waals surface area contributed by atoms with Gasteiger partial charge in [0.2, 0.25) is 0 Å². The van der Waals surface area contributed by atoms with Crippen LogP contribution < -0.4 is 10.1 Å². The highest BCUT2D eigenvalue weighted by molar-refractivity contribution is 6.32. The first-order valence-corrected chi connectivity index (χ1v) is 8.69. The third-order valence-corrected chi connectivity index (χ3v) is 4.18. The summed E-state index contributed by atoms with van der Waals surface area (Å²) in [4.78, 5) is 24.6. The van der Waals surface area contributed by atoms with Crippen molar-refractivity contribution in [3.05, 3.63) is 64.9 Å². The highest BCUT2D eigenvalue weighted by atomic mass is 35.5. The molecular formula is C20H17ClN2O5. The van der Waals surface area contributed by atoms with E-state index in [4.69, 9.17) is 25.6 Å². The zero-order chi connectivity index (χ0) is 20.1. The third-order valence-electron chi connectivity index (χ3n) is 3.88. The number of hydrogen-bond donors (Lipinski definition) is 1. The van der Waals surface area contributed by atoms with Gasteiger partial charge in [-0.1, -0.05) is 47.1 Å². The first kappa shape index (κ1) is 19.4. The molecule has 0 saturated heterocycles. The van der Waals surface area contributed by atoms with Crippen molar-refractivity contribution in [3.63, 3.8) is 0 Å². The maximum atomic E-state index is 12.5. The number of rotatable bonds is 6. The van der Waals surface area contributed by atoms with Crippen LogP contribution in [0.25, 0.3) is 11.3 Å². The van der Waals surface area contributed by atoms with E-state index in [1.165, 1.54) is 13.2 Å². The zero-order valence-electron chi connectivity index (χ0n) is 15.2. The molecule has 0 spiro atoms. The number of esters is 1. The van der Waals surface area contributed by atoms with E-state index in [-0.39, 0.29) is 5.56 Å². The predicted molar refractivity (Wildman–Crippen MR) is 104 cm³/mol. The first-order chi connectivity index (χ1) is 13.5. The maximum Gasteiger partial charge on any atom is 0.344 e. The third kappa shape index (κ3) is 4.32. The molecule has 28 heavy (non-hydrogen) atoms. The molecule has 1 heterocycles. The molecule has 0 saturated carbocycles. The lowest BCUT2D eigenvalue weighted by molar-refractivity contribution is -0.119. The van der Waals surface area contributed by atoms with E-state index in [2.05, 4.69) is 10.5 Å². The minimum absolute atomic E-state index is 0.187. The van der Waals surface area contributed by atoms with E-state index >= 15 is 0 Å². The molecule has 0 bridgehead atoms. The number of benzene rings is 2. The summed E-state index contributed by atoms with van der Waals surface area (Å²) in [5.41, 5.74) is 1.72. The van der Waals surface area contributed by atoms with Crippen LogP contribution in [0.3, 0.4) is 0 Å². The number of ether oxygens (including phenoxy) is 2. The van der Waals surface area contributed by atoms with E-state index in [9.17, 15) is 9.59 Å². The monoisotopic (exact) mass is 400 g/mol. The molecule has 2 aromatic carbocycles. The van der Waals surface area contributed by atoms with Crippen molar-refractivity contribution in [2.24, 2.45) is 0 Å². The van der Waals surface area contributed by atoms with Crippen LogP contribution in [-0.4, -0.2) is 30.7 Å². The van der Waals surface area contributed by atoms with Crippen molar-refractivity contribution in [1.29, 1.82) is 0 Å². The highest BCUT2D eigenvalue weighted by Gasteiger charge is 2.23. The molecule has 0 unspecified atom stereocenters. The molecule has 3 aromatic rings. The number of aromatic nitrogens is 1.